The summed E-state index contributed by atoms with van der Waals surface area (Å²) in [4.78, 5) is 2.14. The van der Waals surface area contributed by atoms with Crippen LogP contribution in [-0.4, -0.2) is 41.9 Å². The quantitative estimate of drug-likeness (QED) is 0.855. The smallest absolute Gasteiger partial charge is 0.172 e. The van der Waals surface area contributed by atoms with E-state index in [9.17, 15) is 0 Å². The molecule has 0 fully saturated rings. The van der Waals surface area contributed by atoms with Gasteiger partial charge in [0.1, 0.15) is 5.69 Å². The van der Waals surface area contributed by atoms with E-state index in [1.165, 1.54) is 5.57 Å². The fraction of sp³-hybridized carbons (Fsp3) is 0.643. The van der Waals surface area contributed by atoms with Crippen LogP contribution in [0.15, 0.2) is 6.08 Å². The number of nitrogens with two attached hydrogens (primary N) is 1. The number of nitrogen functional groups attached to an aromatic ring is 1. The fourth-order valence-corrected chi connectivity index (χ4v) is 2.44. The van der Waals surface area contributed by atoms with Gasteiger partial charge >= 0.3 is 0 Å². The lowest BCUT2D eigenvalue weighted by atomic mass is 10.0. The molecule has 1 aromatic rings. The van der Waals surface area contributed by atoms with Crippen LogP contribution in [-0.2, 0) is 0 Å². The Balaban J connectivity index is 2.22. The summed E-state index contributed by atoms with van der Waals surface area (Å²) in [7, 11) is 4.12. The van der Waals surface area contributed by atoms with Gasteiger partial charge in [0, 0.05) is 13.1 Å². The van der Waals surface area contributed by atoms with Crippen LogP contribution in [0.4, 0.5) is 11.5 Å². The predicted molar refractivity (Wildman–Crippen MR) is 81.3 cm³/mol. The minimum absolute atomic E-state index is 0.386. The molecule has 1 atom stereocenters. The fourth-order valence-electron chi connectivity index (χ4n) is 2.44. The monoisotopic (exact) mass is 263 g/mol. The summed E-state index contributed by atoms with van der Waals surface area (Å²) in [5.41, 5.74) is 9.47. The lowest BCUT2D eigenvalue weighted by molar-refractivity contribution is 0.424. The first-order chi connectivity index (χ1) is 9.04. The molecule has 1 unspecified atom stereocenters. The zero-order valence-electron chi connectivity index (χ0n) is 12.4. The van der Waals surface area contributed by atoms with E-state index in [-0.39, 0.29) is 0 Å². The van der Waals surface area contributed by atoms with Crippen LogP contribution in [0.2, 0.25) is 0 Å². The molecule has 0 aromatic carbocycles. The summed E-state index contributed by atoms with van der Waals surface area (Å²) < 4.78 is 2.08. The Morgan fingerprint density at radius 3 is 2.89 bits per heavy atom. The van der Waals surface area contributed by atoms with E-state index in [0.717, 1.165) is 43.1 Å². The van der Waals surface area contributed by atoms with Crippen LogP contribution in [0.25, 0.3) is 5.57 Å². The molecule has 5 heteroatoms. The molecule has 1 aliphatic heterocycles. The van der Waals surface area contributed by atoms with E-state index in [2.05, 4.69) is 54.0 Å². The van der Waals surface area contributed by atoms with Crippen molar-refractivity contribution in [2.75, 3.05) is 38.2 Å². The average Bonchev–Trinajstić information content (AvgIpc) is 2.69. The Kier molecular flexibility index (Phi) is 4.14. The molecule has 3 N–H and O–H groups in total. The molecule has 106 valence electrons. The van der Waals surface area contributed by atoms with Gasteiger partial charge in [-0.1, -0.05) is 13.0 Å². The lowest BCUT2D eigenvalue weighted by Crippen LogP contribution is -2.21. The Bertz CT molecular complexity index is 472. The Morgan fingerprint density at radius 2 is 2.26 bits per heavy atom. The van der Waals surface area contributed by atoms with Crippen LogP contribution >= 0.6 is 0 Å². The average molecular weight is 263 g/mol. The summed E-state index contributed by atoms with van der Waals surface area (Å²) in [5, 5.41) is 7.99. The van der Waals surface area contributed by atoms with Gasteiger partial charge in [0.25, 0.3) is 0 Å². The van der Waals surface area contributed by atoms with Gasteiger partial charge in [0.15, 0.2) is 5.82 Å². The van der Waals surface area contributed by atoms with Crippen molar-refractivity contribution in [1.82, 2.24) is 14.7 Å². The first-order valence-corrected chi connectivity index (χ1v) is 7.00. The lowest BCUT2D eigenvalue weighted by Gasteiger charge is -2.21. The largest absolute Gasteiger partial charge is 0.394 e. The van der Waals surface area contributed by atoms with Gasteiger partial charge in [-0.15, -0.1) is 0 Å². The number of rotatable bonds is 5. The summed E-state index contributed by atoms with van der Waals surface area (Å²) in [6.07, 6.45) is 4.33. The van der Waals surface area contributed by atoms with E-state index >= 15 is 0 Å². The molecule has 19 heavy (non-hydrogen) atoms. The van der Waals surface area contributed by atoms with E-state index in [4.69, 9.17) is 5.73 Å². The standard InChI is InChI=1S/C14H25N5/c1-5-11-7-6-10(2)19-13(11)12(15)14(17-19)16-8-9-18(3)4/h7,10H,5-6,8-9,15H2,1-4H3,(H,16,17). The molecule has 2 rings (SSSR count). The van der Waals surface area contributed by atoms with Crippen molar-refractivity contribution in [3.05, 3.63) is 11.8 Å². The van der Waals surface area contributed by atoms with Gasteiger partial charge < -0.3 is 16.0 Å². The number of allylic oxidation sites excluding steroid dienone is 2. The molecule has 2 heterocycles. The Hall–Kier alpha value is -1.49. The van der Waals surface area contributed by atoms with Gasteiger partial charge in [0.2, 0.25) is 0 Å². The van der Waals surface area contributed by atoms with Gasteiger partial charge in [-0.2, -0.15) is 5.10 Å². The maximum atomic E-state index is 6.27. The van der Waals surface area contributed by atoms with Crippen molar-refractivity contribution < 1.29 is 0 Å². The second-order valence-corrected chi connectivity index (χ2v) is 5.45. The number of likely N-dealkylation sites (N-methyl/N-ethyl adjacent to an activating group) is 1. The number of aromatic nitrogens is 2. The summed E-state index contributed by atoms with van der Waals surface area (Å²) in [6, 6.07) is 0.386. The Labute approximate surface area is 115 Å². The topological polar surface area (TPSA) is 59.1 Å². The zero-order valence-corrected chi connectivity index (χ0v) is 12.4. The molecular formula is C14H25N5. The van der Waals surface area contributed by atoms with Crippen molar-refractivity contribution in [2.45, 2.75) is 32.7 Å². The first-order valence-electron chi connectivity index (χ1n) is 7.00. The van der Waals surface area contributed by atoms with E-state index < -0.39 is 0 Å². The molecule has 1 aliphatic rings. The third-order valence-corrected chi connectivity index (χ3v) is 3.61. The summed E-state index contributed by atoms with van der Waals surface area (Å²) in [6.45, 7) is 6.17. The van der Waals surface area contributed by atoms with Crippen LogP contribution in [0.1, 0.15) is 38.4 Å². The third-order valence-electron chi connectivity index (χ3n) is 3.61. The van der Waals surface area contributed by atoms with Crippen LogP contribution in [0.3, 0.4) is 0 Å². The number of hydrogen-bond donors (Lipinski definition) is 2. The minimum Gasteiger partial charge on any atom is -0.394 e. The number of fused-ring (bicyclic) bond motifs is 1. The predicted octanol–water partition coefficient (Wildman–Crippen LogP) is 2.20. The highest BCUT2D eigenvalue weighted by atomic mass is 15.3. The highest BCUT2D eigenvalue weighted by Gasteiger charge is 2.23. The van der Waals surface area contributed by atoms with Crippen molar-refractivity contribution in [2.24, 2.45) is 0 Å². The molecular weight excluding hydrogens is 238 g/mol. The SMILES string of the molecule is CCC1=CCC(C)n2nc(NCCN(C)C)c(N)c21. The van der Waals surface area contributed by atoms with Gasteiger partial charge in [-0.05, 0) is 39.4 Å². The zero-order chi connectivity index (χ0) is 14.0. The van der Waals surface area contributed by atoms with Crippen LogP contribution < -0.4 is 11.1 Å². The normalized spacial score (nSPS) is 18.4. The van der Waals surface area contributed by atoms with E-state index in [1.54, 1.807) is 0 Å². The van der Waals surface area contributed by atoms with E-state index in [1.807, 2.05) is 0 Å². The third kappa shape index (κ3) is 2.76. The molecule has 0 bridgehead atoms. The second kappa shape index (κ2) is 5.65. The van der Waals surface area contributed by atoms with Crippen molar-refractivity contribution in [1.29, 1.82) is 0 Å². The summed E-state index contributed by atoms with van der Waals surface area (Å²) in [5.74, 6) is 0.824. The minimum atomic E-state index is 0.386. The molecule has 0 saturated carbocycles. The maximum Gasteiger partial charge on any atom is 0.172 e. The van der Waals surface area contributed by atoms with Crippen LogP contribution in [0, 0.1) is 0 Å². The number of anilines is 2. The number of nitrogens with one attached hydrogen (secondary N) is 1. The molecule has 0 saturated heterocycles. The molecule has 0 radical (unpaired) electrons. The molecule has 0 spiro atoms. The second-order valence-electron chi connectivity index (χ2n) is 5.45. The molecule has 0 aliphatic carbocycles. The first kappa shape index (κ1) is 13.9. The maximum absolute atomic E-state index is 6.27. The molecule has 1 aromatic heterocycles. The molecule has 5 nitrogen and oxygen atoms in total. The van der Waals surface area contributed by atoms with Crippen molar-refractivity contribution in [3.8, 4) is 0 Å². The number of nitrogens with zero attached hydrogens (tertiary/aromatic N) is 3. The number of hydrogen-bond acceptors (Lipinski definition) is 4. The highest BCUT2D eigenvalue weighted by Crippen LogP contribution is 2.36. The van der Waals surface area contributed by atoms with Gasteiger partial charge in [-0.25, -0.2) is 0 Å². The highest BCUT2D eigenvalue weighted by molar-refractivity contribution is 5.80. The molecule has 0 amide bonds. The van der Waals surface area contributed by atoms with Gasteiger partial charge in [-0.3, -0.25) is 4.68 Å². The van der Waals surface area contributed by atoms with E-state index in [0.29, 0.717) is 6.04 Å². The van der Waals surface area contributed by atoms with Crippen LogP contribution in [0.5, 0.6) is 0 Å². The van der Waals surface area contributed by atoms with Crippen molar-refractivity contribution in [3.63, 3.8) is 0 Å². The van der Waals surface area contributed by atoms with Crippen molar-refractivity contribution >= 4 is 17.1 Å². The van der Waals surface area contributed by atoms with Gasteiger partial charge in [0.05, 0.1) is 11.7 Å². The summed E-state index contributed by atoms with van der Waals surface area (Å²) >= 11 is 0. The Morgan fingerprint density at radius 1 is 1.53 bits per heavy atom.